The lowest BCUT2D eigenvalue weighted by Gasteiger charge is -2.35. The Morgan fingerprint density at radius 1 is 1.09 bits per heavy atom. The monoisotopic (exact) mass is 564 g/mol. The van der Waals surface area contributed by atoms with Gasteiger partial charge in [0.05, 0.1) is 3.57 Å². The molecule has 166 valence electrons. The molecule has 8 heteroatoms. The molecule has 1 aliphatic carbocycles. The van der Waals surface area contributed by atoms with Crippen molar-refractivity contribution in [3.63, 3.8) is 0 Å². The van der Waals surface area contributed by atoms with Crippen LogP contribution in [-0.2, 0) is 16.2 Å². The van der Waals surface area contributed by atoms with Crippen molar-refractivity contribution in [2.45, 2.75) is 44.8 Å². The molecule has 6 nitrogen and oxygen atoms in total. The molecule has 1 aliphatic heterocycles. The van der Waals surface area contributed by atoms with Gasteiger partial charge in [0.1, 0.15) is 17.9 Å². The van der Waals surface area contributed by atoms with Crippen LogP contribution in [0.25, 0.3) is 6.08 Å². The number of nitrogens with zero attached hydrogens (tertiary/aromatic N) is 1. The highest BCUT2D eigenvalue weighted by Crippen LogP contribution is 2.28. The second-order valence-electron chi connectivity index (χ2n) is 7.85. The highest BCUT2D eigenvalue weighted by atomic mass is 127. The van der Waals surface area contributed by atoms with Crippen molar-refractivity contribution in [1.82, 2.24) is 10.2 Å². The molecule has 0 bridgehead atoms. The molecular formula is C24H22ClIN2O4. The number of urea groups is 1. The predicted octanol–water partition coefficient (Wildman–Crippen LogP) is 5.32. The largest absolute Gasteiger partial charge is 0.488 e. The number of amides is 4. The average Bonchev–Trinajstić information content (AvgIpc) is 2.78. The standard InChI is InChI=1S/C24H22ClIN2O4/c25-19-9-5-4-6-16(19)14-32-21-11-10-15(13-20(21)26)12-18-22(29)27-24(31)28(23(18)30)17-7-2-1-3-8-17/h4-6,9-13,17H,1-3,7-8,14H2,(H,27,29,31). The Labute approximate surface area is 205 Å². The Hall–Kier alpha value is -2.39. The van der Waals surface area contributed by atoms with E-state index >= 15 is 0 Å². The zero-order chi connectivity index (χ0) is 22.7. The van der Waals surface area contributed by atoms with Crippen molar-refractivity contribution < 1.29 is 19.1 Å². The topological polar surface area (TPSA) is 75.7 Å². The minimum atomic E-state index is -0.666. The lowest BCUT2D eigenvalue weighted by Crippen LogP contribution is -2.58. The smallest absolute Gasteiger partial charge is 0.331 e. The highest BCUT2D eigenvalue weighted by Gasteiger charge is 2.40. The summed E-state index contributed by atoms with van der Waals surface area (Å²) in [6.07, 6.45) is 6.13. The molecule has 0 aromatic heterocycles. The number of barbiturate groups is 1. The van der Waals surface area contributed by atoms with E-state index in [4.69, 9.17) is 16.3 Å². The molecule has 2 aromatic carbocycles. The van der Waals surface area contributed by atoms with Crippen LogP contribution in [0.3, 0.4) is 0 Å². The minimum Gasteiger partial charge on any atom is -0.488 e. The third-order valence-corrected chi connectivity index (χ3v) is 6.89. The van der Waals surface area contributed by atoms with Crippen LogP contribution in [0.2, 0.25) is 5.02 Å². The van der Waals surface area contributed by atoms with E-state index in [0.29, 0.717) is 22.9 Å². The Kier molecular flexibility index (Phi) is 7.15. The van der Waals surface area contributed by atoms with E-state index in [1.54, 1.807) is 12.1 Å². The summed E-state index contributed by atoms with van der Waals surface area (Å²) in [5.41, 5.74) is 1.53. The van der Waals surface area contributed by atoms with Crippen molar-refractivity contribution in [3.05, 3.63) is 67.8 Å². The lowest BCUT2D eigenvalue weighted by atomic mass is 9.93. The molecule has 2 aliphatic rings. The Morgan fingerprint density at radius 2 is 1.84 bits per heavy atom. The maximum absolute atomic E-state index is 13.0. The van der Waals surface area contributed by atoms with E-state index in [2.05, 4.69) is 27.9 Å². The Morgan fingerprint density at radius 3 is 2.56 bits per heavy atom. The molecular weight excluding hydrogens is 543 g/mol. The first-order valence-corrected chi connectivity index (χ1v) is 12.0. The number of hydrogen-bond donors (Lipinski definition) is 1. The summed E-state index contributed by atoms with van der Waals surface area (Å²) in [6, 6.07) is 12.1. The molecule has 4 rings (SSSR count). The zero-order valence-electron chi connectivity index (χ0n) is 17.3. The van der Waals surface area contributed by atoms with Crippen molar-refractivity contribution in [3.8, 4) is 5.75 Å². The van der Waals surface area contributed by atoms with Crippen LogP contribution in [-0.4, -0.2) is 28.8 Å². The third-order valence-electron chi connectivity index (χ3n) is 5.68. The van der Waals surface area contributed by atoms with Gasteiger partial charge in [-0.1, -0.05) is 55.1 Å². The van der Waals surface area contributed by atoms with Gasteiger partial charge in [-0.3, -0.25) is 19.8 Å². The molecule has 0 atom stereocenters. The maximum atomic E-state index is 13.0. The van der Waals surface area contributed by atoms with Gasteiger partial charge in [-0.05, 0) is 65.3 Å². The first-order chi connectivity index (χ1) is 15.4. The fraction of sp³-hybridized carbons (Fsp3) is 0.292. The number of carbonyl (C=O) groups excluding carboxylic acids is 3. The minimum absolute atomic E-state index is 0.0318. The summed E-state index contributed by atoms with van der Waals surface area (Å²) in [7, 11) is 0. The Balaban J connectivity index is 1.52. The van der Waals surface area contributed by atoms with E-state index < -0.39 is 17.8 Å². The molecule has 32 heavy (non-hydrogen) atoms. The second-order valence-corrected chi connectivity index (χ2v) is 9.42. The quantitative estimate of drug-likeness (QED) is 0.303. The van der Waals surface area contributed by atoms with Gasteiger partial charge in [0.15, 0.2) is 0 Å². The molecule has 1 saturated carbocycles. The number of nitrogens with one attached hydrogen (secondary N) is 1. The van der Waals surface area contributed by atoms with Crippen LogP contribution in [0.5, 0.6) is 5.75 Å². The molecule has 2 aromatic rings. The molecule has 4 amide bonds. The van der Waals surface area contributed by atoms with E-state index in [9.17, 15) is 14.4 Å². The molecule has 0 spiro atoms. The summed E-state index contributed by atoms with van der Waals surface area (Å²) in [5, 5.41) is 2.96. The molecule has 1 heterocycles. The van der Waals surface area contributed by atoms with Gasteiger partial charge >= 0.3 is 6.03 Å². The maximum Gasteiger partial charge on any atom is 0.331 e. The first-order valence-electron chi connectivity index (χ1n) is 10.5. The first kappa shape index (κ1) is 22.8. The number of halogens is 2. The van der Waals surface area contributed by atoms with Crippen LogP contribution < -0.4 is 10.1 Å². The van der Waals surface area contributed by atoms with Gasteiger partial charge < -0.3 is 4.74 Å². The van der Waals surface area contributed by atoms with E-state index in [-0.39, 0.29) is 11.6 Å². The second kappa shape index (κ2) is 10.0. The van der Waals surface area contributed by atoms with Crippen LogP contribution in [0, 0.1) is 3.57 Å². The van der Waals surface area contributed by atoms with Gasteiger partial charge in [-0.2, -0.15) is 0 Å². The van der Waals surface area contributed by atoms with E-state index in [1.165, 1.54) is 11.0 Å². The average molecular weight is 565 g/mol. The van der Waals surface area contributed by atoms with Crippen molar-refractivity contribution >= 4 is 58.1 Å². The highest BCUT2D eigenvalue weighted by molar-refractivity contribution is 14.1. The zero-order valence-corrected chi connectivity index (χ0v) is 20.2. The third kappa shape index (κ3) is 4.99. The lowest BCUT2D eigenvalue weighted by molar-refractivity contribution is -0.132. The van der Waals surface area contributed by atoms with Crippen molar-refractivity contribution in [2.24, 2.45) is 0 Å². The molecule has 1 N–H and O–H groups in total. The van der Waals surface area contributed by atoms with E-state index in [1.807, 2.05) is 30.3 Å². The van der Waals surface area contributed by atoms with Gasteiger partial charge in [0.2, 0.25) is 0 Å². The molecule has 1 saturated heterocycles. The van der Waals surface area contributed by atoms with Gasteiger partial charge in [0, 0.05) is 16.6 Å². The van der Waals surface area contributed by atoms with Crippen LogP contribution >= 0.6 is 34.2 Å². The summed E-state index contributed by atoms with van der Waals surface area (Å²) < 4.78 is 6.72. The van der Waals surface area contributed by atoms with Crippen molar-refractivity contribution in [2.75, 3.05) is 0 Å². The number of imide groups is 2. The summed E-state index contributed by atoms with van der Waals surface area (Å²) >= 11 is 8.33. The molecule has 0 radical (unpaired) electrons. The SMILES string of the molecule is O=C1NC(=O)N(C2CCCCC2)C(=O)C1=Cc1ccc(OCc2ccccc2Cl)c(I)c1. The normalized spacial score (nSPS) is 18.8. The number of benzene rings is 2. The predicted molar refractivity (Wildman–Crippen MR) is 130 cm³/mol. The van der Waals surface area contributed by atoms with Gasteiger partial charge in [0.25, 0.3) is 11.8 Å². The number of rotatable bonds is 5. The summed E-state index contributed by atoms with van der Waals surface area (Å²) in [6.45, 7) is 0.329. The van der Waals surface area contributed by atoms with Crippen LogP contribution in [0.1, 0.15) is 43.2 Å². The van der Waals surface area contributed by atoms with Crippen LogP contribution in [0.15, 0.2) is 48.0 Å². The summed E-state index contributed by atoms with van der Waals surface area (Å²) in [5.74, 6) is -0.521. The van der Waals surface area contributed by atoms with Crippen LogP contribution in [0.4, 0.5) is 4.79 Å². The molecule has 2 fully saturated rings. The molecule has 0 unspecified atom stereocenters. The number of carbonyl (C=O) groups is 3. The van der Waals surface area contributed by atoms with Gasteiger partial charge in [-0.25, -0.2) is 4.79 Å². The fourth-order valence-electron chi connectivity index (χ4n) is 4.00. The fourth-order valence-corrected chi connectivity index (χ4v) is 4.89. The summed E-state index contributed by atoms with van der Waals surface area (Å²) in [4.78, 5) is 39.0. The van der Waals surface area contributed by atoms with E-state index in [0.717, 1.165) is 41.2 Å². The number of hydrogen-bond acceptors (Lipinski definition) is 4. The van der Waals surface area contributed by atoms with Gasteiger partial charge in [-0.15, -0.1) is 0 Å². The van der Waals surface area contributed by atoms with Crippen molar-refractivity contribution in [1.29, 1.82) is 0 Å². The number of ether oxygens (including phenoxy) is 1. The Bertz CT molecular complexity index is 1100.